The van der Waals surface area contributed by atoms with Crippen LogP contribution in [0, 0.1) is 5.82 Å². The van der Waals surface area contributed by atoms with Crippen molar-refractivity contribution < 1.29 is 14.0 Å². The number of amides is 2. The molecule has 0 radical (unpaired) electrons. The first kappa shape index (κ1) is 14.8. The van der Waals surface area contributed by atoms with E-state index in [0.717, 1.165) is 5.75 Å². The monoisotopic (exact) mass is 296 g/mol. The zero-order valence-electron chi connectivity index (χ0n) is 11.3. The van der Waals surface area contributed by atoms with Gasteiger partial charge in [0.15, 0.2) is 0 Å². The number of nitrogens with one attached hydrogen (secondary N) is 1. The van der Waals surface area contributed by atoms with E-state index in [-0.39, 0.29) is 29.4 Å². The molecule has 0 aliphatic carbocycles. The van der Waals surface area contributed by atoms with Crippen molar-refractivity contribution in [1.29, 1.82) is 0 Å². The third-order valence-electron chi connectivity index (χ3n) is 3.20. The van der Waals surface area contributed by atoms with Crippen LogP contribution in [0.15, 0.2) is 24.3 Å². The van der Waals surface area contributed by atoms with Crippen LogP contribution >= 0.6 is 11.8 Å². The van der Waals surface area contributed by atoms with Crippen LogP contribution in [-0.4, -0.2) is 34.9 Å². The molecule has 1 heterocycles. The average molecular weight is 296 g/mol. The first-order chi connectivity index (χ1) is 9.58. The molecule has 1 aliphatic rings. The molecule has 2 amide bonds. The van der Waals surface area contributed by atoms with E-state index in [0.29, 0.717) is 18.7 Å². The highest BCUT2D eigenvalue weighted by Crippen LogP contribution is 2.18. The van der Waals surface area contributed by atoms with Gasteiger partial charge in [0.05, 0.1) is 6.04 Å². The summed E-state index contributed by atoms with van der Waals surface area (Å²) in [5.41, 5.74) is 0.466. The molecular weight excluding hydrogens is 279 g/mol. The Morgan fingerprint density at radius 2 is 2.25 bits per heavy atom. The van der Waals surface area contributed by atoms with E-state index >= 15 is 0 Å². The summed E-state index contributed by atoms with van der Waals surface area (Å²) in [5.74, 6) is 0.281. The number of carbonyl (C=O) groups is 2. The van der Waals surface area contributed by atoms with Crippen molar-refractivity contribution in [2.45, 2.75) is 19.4 Å². The molecule has 4 nitrogen and oxygen atoms in total. The number of benzene rings is 1. The predicted octanol–water partition coefficient (Wildman–Crippen LogP) is 2.56. The lowest BCUT2D eigenvalue weighted by molar-refractivity contribution is -0.121. The highest BCUT2D eigenvalue weighted by Gasteiger charge is 2.21. The fourth-order valence-electron chi connectivity index (χ4n) is 2.08. The van der Waals surface area contributed by atoms with E-state index in [2.05, 4.69) is 5.32 Å². The van der Waals surface area contributed by atoms with Crippen molar-refractivity contribution in [2.24, 2.45) is 0 Å². The largest absolute Gasteiger partial charge is 0.349 e. The molecule has 0 saturated carbocycles. The van der Waals surface area contributed by atoms with Gasteiger partial charge in [0.1, 0.15) is 5.82 Å². The fourth-order valence-corrected chi connectivity index (χ4v) is 2.93. The van der Waals surface area contributed by atoms with Gasteiger partial charge in [-0.15, -0.1) is 0 Å². The Morgan fingerprint density at radius 1 is 1.50 bits per heavy atom. The van der Waals surface area contributed by atoms with Crippen molar-refractivity contribution in [3.8, 4) is 0 Å². The third kappa shape index (κ3) is 3.72. The molecule has 1 aromatic rings. The topological polar surface area (TPSA) is 49.4 Å². The van der Waals surface area contributed by atoms with Crippen LogP contribution in [0.2, 0.25) is 0 Å². The van der Waals surface area contributed by atoms with E-state index < -0.39 is 0 Å². The van der Waals surface area contributed by atoms with Gasteiger partial charge < -0.3 is 10.2 Å². The van der Waals surface area contributed by atoms with Gasteiger partial charge in [-0.25, -0.2) is 4.39 Å². The number of carbonyl (C=O) groups excluding carboxylic acids is 2. The molecule has 0 spiro atoms. The Balaban J connectivity index is 1.82. The highest BCUT2D eigenvalue weighted by molar-refractivity contribution is 8.13. The van der Waals surface area contributed by atoms with Gasteiger partial charge in [0.2, 0.25) is 5.91 Å². The standard InChI is InChI=1S/C14H17FN2O2S/c1-10(11-4-2-3-5-12(11)15)16-13(18)6-7-17-8-9-20-14(17)19/h2-5,10H,6-9H2,1H3,(H,16,18)/t10-/m1/s1. The molecule has 108 valence electrons. The van der Waals surface area contributed by atoms with Crippen LogP contribution in [0.5, 0.6) is 0 Å². The number of hydrogen-bond acceptors (Lipinski definition) is 3. The Morgan fingerprint density at radius 3 is 2.90 bits per heavy atom. The summed E-state index contributed by atoms with van der Waals surface area (Å²) >= 11 is 1.28. The molecule has 1 fully saturated rings. The van der Waals surface area contributed by atoms with Crippen LogP contribution in [0.3, 0.4) is 0 Å². The number of nitrogens with zero attached hydrogens (tertiary/aromatic N) is 1. The molecular formula is C14H17FN2O2S. The number of halogens is 1. The molecule has 2 rings (SSSR count). The molecule has 1 N–H and O–H groups in total. The summed E-state index contributed by atoms with van der Waals surface area (Å²) in [6.07, 6.45) is 0.241. The second-order valence-corrected chi connectivity index (χ2v) is 5.71. The lowest BCUT2D eigenvalue weighted by Gasteiger charge is -2.17. The van der Waals surface area contributed by atoms with E-state index in [9.17, 15) is 14.0 Å². The normalized spacial score (nSPS) is 16.3. The zero-order chi connectivity index (χ0) is 14.5. The van der Waals surface area contributed by atoms with Crippen LogP contribution in [0.25, 0.3) is 0 Å². The van der Waals surface area contributed by atoms with Crippen molar-refractivity contribution in [3.63, 3.8) is 0 Å². The van der Waals surface area contributed by atoms with E-state index in [1.54, 1.807) is 30.0 Å². The quantitative estimate of drug-likeness (QED) is 0.908. The average Bonchev–Trinajstić information content (AvgIpc) is 2.82. The summed E-state index contributed by atoms with van der Waals surface area (Å²) in [4.78, 5) is 24.9. The summed E-state index contributed by atoms with van der Waals surface area (Å²) in [6, 6.07) is 6.00. The molecule has 6 heteroatoms. The van der Waals surface area contributed by atoms with Crippen molar-refractivity contribution in [2.75, 3.05) is 18.8 Å². The Hall–Kier alpha value is -1.56. The summed E-state index contributed by atoms with van der Waals surface area (Å²) < 4.78 is 13.6. The van der Waals surface area contributed by atoms with E-state index in [4.69, 9.17) is 0 Å². The Labute approximate surface area is 121 Å². The summed E-state index contributed by atoms with van der Waals surface area (Å²) in [7, 11) is 0. The second-order valence-electron chi connectivity index (χ2n) is 4.66. The van der Waals surface area contributed by atoms with Crippen LogP contribution < -0.4 is 5.32 Å². The van der Waals surface area contributed by atoms with Gasteiger partial charge in [0.25, 0.3) is 5.24 Å². The maximum Gasteiger partial charge on any atom is 0.281 e. The van der Waals surface area contributed by atoms with Crippen molar-refractivity contribution in [1.82, 2.24) is 10.2 Å². The first-order valence-corrected chi connectivity index (χ1v) is 7.52. The number of rotatable bonds is 5. The molecule has 1 aliphatic heterocycles. The predicted molar refractivity (Wildman–Crippen MR) is 77.0 cm³/mol. The van der Waals surface area contributed by atoms with Gasteiger partial charge in [-0.2, -0.15) is 0 Å². The van der Waals surface area contributed by atoms with Crippen LogP contribution in [0.1, 0.15) is 24.9 Å². The van der Waals surface area contributed by atoms with Gasteiger partial charge in [-0.05, 0) is 13.0 Å². The molecule has 0 unspecified atom stereocenters. The SMILES string of the molecule is C[C@@H](NC(=O)CCN1CCSC1=O)c1ccccc1F. The maximum absolute atomic E-state index is 13.6. The molecule has 0 bridgehead atoms. The number of hydrogen-bond donors (Lipinski definition) is 1. The smallest absolute Gasteiger partial charge is 0.281 e. The molecule has 20 heavy (non-hydrogen) atoms. The first-order valence-electron chi connectivity index (χ1n) is 6.53. The highest BCUT2D eigenvalue weighted by atomic mass is 32.2. The fraction of sp³-hybridized carbons (Fsp3) is 0.429. The summed E-state index contributed by atoms with van der Waals surface area (Å²) in [5, 5.41) is 2.78. The molecule has 1 aromatic carbocycles. The van der Waals surface area contributed by atoms with Gasteiger partial charge in [0, 0.05) is 30.8 Å². The van der Waals surface area contributed by atoms with Crippen LogP contribution in [0.4, 0.5) is 9.18 Å². The lowest BCUT2D eigenvalue weighted by Crippen LogP contribution is -2.32. The molecule has 1 atom stereocenters. The van der Waals surface area contributed by atoms with Gasteiger partial charge >= 0.3 is 0 Å². The minimum Gasteiger partial charge on any atom is -0.349 e. The Bertz CT molecular complexity index is 510. The minimum absolute atomic E-state index is 0.0277. The van der Waals surface area contributed by atoms with Crippen molar-refractivity contribution in [3.05, 3.63) is 35.6 Å². The minimum atomic E-state index is -0.382. The lowest BCUT2D eigenvalue weighted by atomic mass is 10.1. The second kappa shape index (κ2) is 6.74. The summed E-state index contributed by atoms with van der Waals surface area (Å²) in [6.45, 7) is 2.86. The van der Waals surface area contributed by atoms with Gasteiger partial charge in [-0.1, -0.05) is 30.0 Å². The van der Waals surface area contributed by atoms with Crippen LogP contribution in [-0.2, 0) is 4.79 Å². The molecule has 0 aromatic heterocycles. The number of thioether (sulfide) groups is 1. The van der Waals surface area contributed by atoms with Crippen molar-refractivity contribution >= 4 is 22.9 Å². The Kier molecular flexibility index (Phi) is 5.00. The van der Waals surface area contributed by atoms with E-state index in [1.807, 2.05) is 0 Å². The maximum atomic E-state index is 13.6. The van der Waals surface area contributed by atoms with Gasteiger partial charge in [-0.3, -0.25) is 9.59 Å². The zero-order valence-corrected chi connectivity index (χ0v) is 12.1. The third-order valence-corrected chi connectivity index (χ3v) is 4.09. The van der Waals surface area contributed by atoms with E-state index in [1.165, 1.54) is 17.8 Å². The molecule has 1 saturated heterocycles.